The van der Waals surface area contributed by atoms with Gasteiger partial charge in [0.2, 0.25) is 5.91 Å². The molecule has 1 aromatic carbocycles. The molecule has 0 bridgehead atoms. The highest BCUT2D eigenvalue weighted by Gasteiger charge is 2.32. The van der Waals surface area contributed by atoms with Crippen LogP contribution in [0.2, 0.25) is 0 Å². The van der Waals surface area contributed by atoms with E-state index in [1.165, 1.54) is 11.3 Å². The molecule has 1 amide bonds. The number of benzene rings is 1. The van der Waals surface area contributed by atoms with Crippen molar-refractivity contribution in [1.29, 1.82) is 0 Å². The predicted octanol–water partition coefficient (Wildman–Crippen LogP) is 3.99. The van der Waals surface area contributed by atoms with Gasteiger partial charge < -0.3 is 9.84 Å². The molecule has 2 heterocycles. The van der Waals surface area contributed by atoms with Crippen LogP contribution >= 0.6 is 11.3 Å². The van der Waals surface area contributed by atoms with E-state index in [0.717, 1.165) is 14.7 Å². The van der Waals surface area contributed by atoms with E-state index in [2.05, 4.69) is 24.3 Å². The van der Waals surface area contributed by atoms with Crippen LogP contribution < -0.4 is 9.62 Å². The molecule has 0 spiro atoms. The molecule has 3 rings (SSSR count). The maximum absolute atomic E-state index is 13.5. The summed E-state index contributed by atoms with van der Waals surface area (Å²) in [6.45, 7) is 7.24. The maximum Gasteiger partial charge on any atom is 0.270 e. The van der Waals surface area contributed by atoms with E-state index in [1.54, 1.807) is 26.0 Å². The van der Waals surface area contributed by atoms with Crippen molar-refractivity contribution in [1.82, 2.24) is 10.5 Å². The SMILES string of the molecule is Cc1noc(C)c1S(=O)(=O)N(CC(=O)NCc1cccs1)c1ccc(C(C)C)cc1. The van der Waals surface area contributed by atoms with Crippen molar-refractivity contribution >= 4 is 33.0 Å². The average Bonchev–Trinajstić information content (AvgIpc) is 3.34. The molecule has 0 saturated carbocycles. The molecule has 0 aliphatic heterocycles. The van der Waals surface area contributed by atoms with Crippen LogP contribution in [0.4, 0.5) is 5.69 Å². The van der Waals surface area contributed by atoms with Gasteiger partial charge >= 0.3 is 0 Å². The molecule has 0 radical (unpaired) electrons. The number of nitrogens with one attached hydrogen (secondary N) is 1. The normalized spacial score (nSPS) is 11.6. The molecule has 0 unspecified atom stereocenters. The first kappa shape index (κ1) is 22.0. The number of aromatic nitrogens is 1. The fraction of sp³-hybridized carbons (Fsp3) is 0.333. The largest absolute Gasteiger partial charge is 0.360 e. The van der Waals surface area contributed by atoms with Crippen LogP contribution in [-0.2, 0) is 21.4 Å². The first-order chi connectivity index (χ1) is 14.2. The van der Waals surface area contributed by atoms with Crippen molar-refractivity contribution in [2.45, 2.75) is 45.1 Å². The van der Waals surface area contributed by atoms with Gasteiger partial charge in [0.1, 0.15) is 12.2 Å². The molecule has 0 atom stereocenters. The fourth-order valence-corrected chi connectivity index (χ4v) is 5.44. The lowest BCUT2D eigenvalue weighted by Crippen LogP contribution is -2.41. The summed E-state index contributed by atoms with van der Waals surface area (Å²) in [4.78, 5) is 13.6. The van der Waals surface area contributed by atoms with E-state index < -0.39 is 15.9 Å². The Morgan fingerprint density at radius 3 is 2.43 bits per heavy atom. The molecule has 3 aromatic rings. The van der Waals surface area contributed by atoms with Gasteiger partial charge in [-0.05, 0) is 48.9 Å². The van der Waals surface area contributed by atoms with Crippen molar-refractivity contribution < 1.29 is 17.7 Å². The summed E-state index contributed by atoms with van der Waals surface area (Å²) in [5.41, 5.74) is 1.75. The molecular formula is C21H25N3O4S2. The molecule has 2 aromatic heterocycles. The summed E-state index contributed by atoms with van der Waals surface area (Å²) in [6, 6.07) is 11.0. The molecule has 1 N–H and O–H groups in total. The molecule has 9 heteroatoms. The van der Waals surface area contributed by atoms with Crippen molar-refractivity contribution in [2.24, 2.45) is 0 Å². The predicted molar refractivity (Wildman–Crippen MR) is 117 cm³/mol. The van der Waals surface area contributed by atoms with E-state index in [4.69, 9.17) is 4.52 Å². The minimum atomic E-state index is -4.05. The Bertz CT molecular complexity index is 1080. The fourth-order valence-electron chi connectivity index (χ4n) is 3.08. The van der Waals surface area contributed by atoms with Crippen LogP contribution in [0.1, 0.15) is 41.7 Å². The van der Waals surface area contributed by atoms with Gasteiger partial charge in [-0.15, -0.1) is 11.3 Å². The van der Waals surface area contributed by atoms with E-state index in [0.29, 0.717) is 18.2 Å². The van der Waals surface area contributed by atoms with Gasteiger partial charge in [0.05, 0.1) is 12.2 Å². The molecule has 160 valence electrons. The maximum atomic E-state index is 13.5. The Morgan fingerprint density at radius 2 is 1.90 bits per heavy atom. The zero-order chi connectivity index (χ0) is 21.9. The standard InChI is InChI=1S/C21H25N3O4S2/c1-14(2)17-7-9-18(10-8-17)24(13-20(25)22-12-19-6-5-11-29-19)30(26,27)21-15(3)23-28-16(21)4/h5-11,14H,12-13H2,1-4H3,(H,22,25). The number of sulfonamides is 1. The van der Waals surface area contributed by atoms with Gasteiger partial charge in [-0.3, -0.25) is 9.10 Å². The van der Waals surface area contributed by atoms with Gasteiger partial charge in [0, 0.05) is 4.88 Å². The van der Waals surface area contributed by atoms with Crippen LogP contribution in [0.5, 0.6) is 0 Å². The molecule has 0 fully saturated rings. The van der Waals surface area contributed by atoms with Crippen LogP contribution in [-0.4, -0.2) is 26.0 Å². The van der Waals surface area contributed by atoms with Crippen molar-refractivity contribution in [3.05, 3.63) is 63.7 Å². The zero-order valence-corrected chi connectivity index (χ0v) is 19.0. The minimum Gasteiger partial charge on any atom is -0.360 e. The van der Waals surface area contributed by atoms with Crippen molar-refractivity contribution in [3.63, 3.8) is 0 Å². The zero-order valence-electron chi connectivity index (χ0n) is 17.4. The summed E-state index contributed by atoms with van der Waals surface area (Å²) in [5, 5.41) is 8.48. The summed E-state index contributed by atoms with van der Waals surface area (Å²) in [6.07, 6.45) is 0. The highest BCUT2D eigenvalue weighted by atomic mass is 32.2. The number of anilines is 1. The second-order valence-corrected chi connectivity index (χ2v) is 10.1. The van der Waals surface area contributed by atoms with Gasteiger partial charge in [0.25, 0.3) is 10.0 Å². The van der Waals surface area contributed by atoms with Crippen LogP contribution in [0.25, 0.3) is 0 Å². The Morgan fingerprint density at radius 1 is 1.20 bits per heavy atom. The van der Waals surface area contributed by atoms with E-state index >= 15 is 0 Å². The second kappa shape index (κ2) is 9.01. The van der Waals surface area contributed by atoms with Gasteiger partial charge in [-0.1, -0.05) is 37.2 Å². The number of amides is 1. The lowest BCUT2D eigenvalue weighted by atomic mass is 10.0. The molecular weight excluding hydrogens is 422 g/mol. The monoisotopic (exact) mass is 447 g/mol. The Kier molecular flexibility index (Phi) is 6.62. The number of hydrogen-bond acceptors (Lipinski definition) is 6. The first-order valence-corrected chi connectivity index (χ1v) is 11.9. The smallest absolute Gasteiger partial charge is 0.270 e. The summed E-state index contributed by atoms with van der Waals surface area (Å²) in [5.74, 6) is 0.0997. The molecule has 0 aliphatic carbocycles. The topological polar surface area (TPSA) is 92.5 Å². The number of carbonyl (C=O) groups is 1. The molecule has 7 nitrogen and oxygen atoms in total. The molecule has 30 heavy (non-hydrogen) atoms. The van der Waals surface area contributed by atoms with Crippen LogP contribution in [0.15, 0.2) is 51.2 Å². The Balaban J connectivity index is 1.93. The number of carbonyl (C=O) groups excluding carboxylic acids is 1. The highest BCUT2D eigenvalue weighted by Crippen LogP contribution is 2.29. The number of rotatable bonds is 8. The first-order valence-electron chi connectivity index (χ1n) is 9.54. The molecule has 0 aliphatic rings. The number of aryl methyl sites for hydroxylation is 2. The summed E-state index contributed by atoms with van der Waals surface area (Å²) in [7, 11) is -4.05. The summed E-state index contributed by atoms with van der Waals surface area (Å²) < 4.78 is 33.1. The number of hydrogen-bond donors (Lipinski definition) is 1. The third kappa shape index (κ3) is 4.73. The highest BCUT2D eigenvalue weighted by molar-refractivity contribution is 7.93. The lowest BCUT2D eigenvalue weighted by Gasteiger charge is -2.24. The average molecular weight is 448 g/mol. The third-order valence-electron chi connectivity index (χ3n) is 4.69. The van der Waals surface area contributed by atoms with Crippen molar-refractivity contribution in [3.8, 4) is 0 Å². The van der Waals surface area contributed by atoms with Gasteiger partial charge in [-0.2, -0.15) is 0 Å². The Hall–Kier alpha value is -2.65. The van der Waals surface area contributed by atoms with Crippen LogP contribution in [0, 0.1) is 13.8 Å². The lowest BCUT2D eigenvalue weighted by molar-refractivity contribution is -0.119. The minimum absolute atomic E-state index is 0.0125. The second-order valence-electron chi connectivity index (χ2n) is 7.27. The van der Waals surface area contributed by atoms with E-state index in [1.807, 2.05) is 29.6 Å². The third-order valence-corrected chi connectivity index (χ3v) is 7.59. The summed E-state index contributed by atoms with van der Waals surface area (Å²) >= 11 is 1.52. The van der Waals surface area contributed by atoms with E-state index in [-0.39, 0.29) is 22.9 Å². The van der Waals surface area contributed by atoms with E-state index in [9.17, 15) is 13.2 Å². The van der Waals surface area contributed by atoms with Crippen molar-refractivity contribution in [2.75, 3.05) is 10.8 Å². The quantitative estimate of drug-likeness (QED) is 0.564. The number of thiophene rings is 1. The Labute approximate surface area is 180 Å². The number of nitrogens with zero attached hydrogens (tertiary/aromatic N) is 2. The van der Waals surface area contributed by atoms with Gasteiger partial charge in [0.15, 0.2) is 10.7 Å². The van der Waals surface area contributed by atoms with Gasteiger partial charge in [-0.25, -0.2) is 8.42 Å². The molecule has 0 saturated heterocycles. The van der Waals surface area contributed by atoms with Crippen LogP contribution in [0.3, 0.4) is 0 Å².